The number of benzene rings is 1. The number of hydrogen-bond donors (Lipinski definition) is 3. The molecular formula is C28H32F7N5O4. The van der Waals surface area contributed by atoms with Crippen molar-refractivity contribution in [2.24, 2.45) is 5.92 Å². The number of ether oxygens (including phenoxy) is 2. The number of methoxy groups -OCH3 is 2. The number of halogens is 7. The van der Waals surface area contributed by atoms with Gasteiger partial charge in [-0.1, -0.05) is 0 Å². The molecule has 1 aliphatic heterocycles. The molecular weight excluding hydrogens is 603 g/mol. The van der Waals surface area contributed by atoms with Gasteiger partial charge >= 0.3 is 12.2 Å². The van der Waals surface area contributed by atoms with E-state index in [4.69, 9.17) is 9.47 Å². The van der Waals surface area contributed by atoms with E-state index in [0.29, 0.717) is 4.90 Å². The van der Waals surface area contributed by atoms with Crippen molar-refractivity contribution in [1.82, 2.24) is 15.6 Å². The molecule has 2 aliphatic rings. The Hall–Kier alpha value is -3.82. The maximum Gasteiger partial charge on any atom is 0.421 e. The van der Waals surface area contributed by atoms with Gasteiger partial charge in [-0.3, -0.25) is 9.69 Å². The molecule has 242 valence electrons. The molecule has 44 heavy (non-hydrogen) atoms. The summed E-state index contributed by atoms with van der Waals surface area (Å²) in [5.74, 6) is -6.66. The molecule has 2 heterocycles. The van der Waals surface area contributed by atoms with Gasteiger partial charge < -0.3 is 25.4 Å². The highest BCUT2D eigenvalue weighted by Gasteiger charge is 2.49. The second-order valence-electron chi connectivity index (χ2n) is 10.6. The highest BCUT2D eigenvalue weighted by molar-refractivity contribution is 6.03. The summed E-state index contributed by atoms with van der Waals surface area (Å²) in [4.78, 5) is 31.1. The third-order valence-electron chi connectivity index (χ3n) is 7.81. The number of nitrogens with zero attached hydrogens (tertiary/aromatic N) is 2. The number of pyridine rings is 1. The molecule has 1 aliphatic carbocycles. The number of urea groups is 1. The zero-order chi connectivity index (χ0) is 32.2. The van der Waals surface area contributed by atoms with E-state index in [9.17, 15) is 31.5 Å². The molecule has 16 heteroatoms. The van der Waals surface area contributed by atoms with Gasteiger partial charge in [-0.05, 0) is 31.7 Å². The summed E-state index contributed by atoms with van der Waals surface area (Å²) < 4.78 is 109. The van der Waals surface area contributed by atoms with E-state index in [1.54, 1.807) is 0 Å². The summed E-state index contributed by atoms with van der Waals surface area (Å²) in [5.41, 5.74) is -2.34. The quantitative estimate of drug-likeness (QED) is 0.249. The van der Waals surface area contributed by atoms with Crippen molar-refractivity contribution in [2.75, 3.05) is 44.1 Å². The normalized spacial score (nSPS) is 22.3. The van der Waals surface area contributed by atoms with Crippen LogP contribution in [0, 0.1) is 17.6 Å². The van der Waals surface area contributed by atoms with Gasteiger partial charge in [-0.2, -0.15) is 13.2 Å². The lowest BCUT2D eigenvalue weighted by Gasteiger charge is -2.29. The van der Waals surface area contributed by atoms with Gasteiger partial charge in [0.05, 0.1) is 19.4 Å². The molecule has 3 N–H and O–H groups in total. The number of aromatic nitrogens is 1. The lowest BCUT2D eigenvalue weighted by Crippen LogP contribution is -2.51. The largest absolute Gasteiger partial charge is 0.497 e. The fraction of sp³-hybridized carbons (Fsp3) is 0.536. The Bertz CT molecular complexity index is 1310. The molecule has 0 bridgehead atoms. The Morgan fingerprint density at radius 2 is 1.75 bits per heavy atom. The van der Waals surface area contributed by atoms with Crippen LogP contribution in [0.25, 0.3) is 0 Å². The van der Waals surface area contributed by atoms with E-state index >= 15 is 8.78 Å². The molecule has 1 aromatic heterocycles. The van der Waals surface area contributed by atoms with Crippen LogP contribution in [-0.4, -0.2) is 69.3 Å². The van der Waals surface area contributed by atoms with Crippen molar-refractivity contribution in [3.63, 3.8) is 0 Å². The monoisotopic (exact) mass is 635 g/mol. The van der Waals surface area contributed by atoms with Crippen LogP contribution in [0.15, 0.2) is 24.4 Å². The highest BCUT2D eigenvalue weighted by atomic mass is 19.4. The van der Waals surface area contributed by atoms with Crippen LogP contribution in [0.3, 0.4) is 0 Å². The van der Waals surface area contributed by atoms with Gasteiger partial charge in [0.2, 0.25) is 6.43 Å². The van der Waals surface area contributed by atoms with E-state index in [1.165, 1.54) is 14.2 Å². The minimum Gasteiger partial charge on any atom is -0.497 e. The second-order valence-corrected chi connectivity index (χ2v) is 10.6. The third-order valence-corrected chi connectivity index (χ3v) is 7.81. The van der Waals surface area contributed by atoms with Crippen LogP contribution in [-0.2, 0) is 15.7 Å². The van der Waals surface area contributed by atoms with Crippen molar-refractivity contribution < 1.29 is 49.8 Å². The van der Waals surface area contributed by atoms with Gasteiger partial charge in [0.25, 0.3) is 5.91 Å². The maximum atomic E-state index is 15.2. The first kappa shape index (κ1) is 33.1. The summed E-state index contributed by atoms with van der Waals surface area (Å²) in [5, 5.41) is 7.53. The molecule has 9 nitrogen and oxygen atoms in total. The minimum absolute atomic E-state index is 0.00848. The summed E-state index contributed by atoms with van der Waals surface area (Å²) >= 11 is 0. The number of rotatable bonds is 10. The topological polar surface area (TPSA) is 105 Å². The lowest BCUT2D eigenvalue weighted by atomic mass is 9.86. The predicted molar refractivity (Wildman–Crippen MR) is 145 cm³/mol. The van der Waals surface area contributed by atoms with Gasteiger partial charge in [-0.25, -0.2) is 27.3 Å². The molecule has 0 unspecified atom stereocenters. The van der Waals surface area contributed by atoms with E-state index in [2.05, 4.69) is 20.9 Å². The van der Waals surface area contributed by atoms with Gasteiger partial charge in [-0.15, -0.1) is 0 Å². The van der Waals surface area contributed by atoms with Crippen molar-refractivity contribution in [3.8, 4) is 5.75 Å². The van der Waals surface area contributed by atoms with Crippen molar-refractivity contribution in [2.45, 2.75) is 56.3 Å². The number of carbonyl (C=O) groups excluding carboxylic acids is 2. The highest BCUT2D eigenvalue weighted by Crippen LogP contribution is 2.44. The molecule has 1 aromatic carbocycles. The molecule has 1 saturated carbocycles. The number of alkyl halides is 5. The molecule has 4 rings (SSSR count). The first-order valence-corrected chi connectivity index (χ1v) is 13.8. The molecule has 0 radical (unpaired) electrons. The number of hydrogen-bond acceptors (Lipinski definition) is 6. The molecule has 0 spiro atoms. The van der Waals surface area contributed by atoms with E-state index < -0.39 is 89.3 Å². The number of amides is 3. The third kappa shape index (κ3) is 7.27. The van der Waals surface area contributed by atoms with Crippen LogP contribution in [0.5, 0.6) is 5.75 Å². The van der Waals surface area contributed by atoms with E-state index in [-0.39, 0.29) is 44.6 Å². The number of anilines is 2. The van der Waals surface area contributed by atoms with Gasteiger partial charge in [0, 0.05) is 62.0 Å². The SMILES string of the molecule is COCCNc1ccnc(N2C[C@@H](c3c(F)cc(OC)cc3F)[C@H](NC(=O)N[C@H]3CC[C@H](C(F)F)CC3)C2=O)c1C(F)(F)F. The number of carbonyl (C=O) groups is 2. The first-order chi connectivity index (χ1) is 20.8. The molecule has 2 aromatic rings. The molecule has 3 amide bonds. The number of nitrogens with one attached hydrogen (secondary N) is 3. The molecule has 2 atom stereocenters. The lowest BCUT2D eigenvalue weighted by molar-refractivity contribution is -0.136. The maximum absolute atomic E-state index is 15.2. The summed E-state index contributed by atoms with van der Waals surface area (Å²) in [6.45, 7) is -0.604. The van der Waals surface area contributed by atoms with Crippen molar-refractivity contribution in [1.29, 1.82) is 0 Å². The van der Waals surface area contributed by atoms with Crippen molar-refractivity contribution >= 4 is 23.4 Å². The molecule has 1 saturated heterocycles. The Labute approximate surface area is 248 Å². The Morgan fingerprint density at radius 3 is 2.32 bits per heavy atom. The van der Waals surface area contributed by atoms with Crippen LogP contribution < -0.4 is 25.6 Å². The smallest absolute Gasteiger partial charge is 0.421 e. The molecule has 2 fully saturated rings. The van der Waals surface area contributed by atoms with Crippen LogP contribution in [0.4, 0.5) is 47.0 Å². The van der Waals surface area contributed by atoms with Crippen molar-refractivity contribution in [3.05, 3.63) is 47.2 Å². The Balaban J connectivity index is 1.68. The summed E-state index contributed by atoms with van der Waals surface area (Å²) in [6, 6.07) is -0.400. The first-order valence-electron chi connectivity index (χ1n) is 13.8. The zero-order valence-electron chi connectivity index (χ0n) is 23.8. The Morgan fingerprint density at radius 1 is 1.09 bits per heavy atom. The fourth-order valence-electron chi connectivity index (χ4n) is 5.63. The zero-order valence-corrected chi connectivity index (χ0v) is 23.8. The van der Waals surface area contributed by atoms with Gasteiger partial charge in [0.1, 0.15) is 34.8 Å². The van der Waals surface area contributed by atoms with Crippen LogP contribution >= 0.6 is 0 Å². The van der Waals surface area contributed by atoms with E-state index in [0.717, 1.165) is 24.4 Å². The predicted octanol–water partition coefficient (Wildman–Crippen LogP) is 5.07. The minimum atomic E-state index is -5.01. The average molecular weight is 636 g/mol. The standard InChI is InChI=1S/C28H32F7N5O4/c1-43-10-9-36-20-7-8-37-25(22(20)28(33,34)35)40-13-17(21-18(29)11-16(44-2)12-19(21)30)23(26(40)41)39-27(42)38-15-5-3-14(4-6-15)24(31)32/h7-8,11-12,14-15,17,23-24H,3-6,9-10,13H2,1-2H3,(H,36,37)(H2,38,39,42)/t14-,15-,17-,23-/m0/s1. The summed E-state index contributed by atoms with van der Waals surface area (Å²) in [6.07, 6.45) is -5.68. The van der Waals surface area contributed by atoms with Crippen LogP contribution in [0.1, 0.15) is 42.7 Å². The summed E-state index contributed by atoms with van der Waals surface area (Å²) in [7, 11) is 2.54. The van der Waals surface area contributed by atoms with Gasteiger partial charge in [0.15, 0.2) is 0 Å². The Kier molecular flexibility index (Phi) is 10.4. The fourth-order valence-corrected chi connectivity index (χ4v) is 5.63. The second kappa shape index (κ2) is 13.9. The average Bonchev–Trinajstić information content (AvgIpc) is 3.27. The van der Waals surface area contributed by atoms with Crippen LogP contribution in [0.2, 0.25) is 0 Å². The van der Waals surface area contributed by atoms with E-state index in [1.807, 2.05) is 0 Å².